The lowest BCUT2D eigenvalue weighted by Crippen LogP contribution is -2.67. The highest BCUT2D eigenvalue weighted by Gasteiger charge is 2.45. The van der Waals surface area contributed by atoms with Gasteiger partial charge in [0.05, 0.1) is 12.1 Å². The van der Waals surface area contributed by atoms with Crippen molar-refractivity contribution in [1.29, 1.82) is 0 Å². The fourth-order valence-corrected chi connectivity index (χ4v) is 9.62. The SMILES string of the molecule is C=CCOC(=O)CNC(=O)C(=O)C(CCC)NC(=O)C1CN(B(C)O)CCN1C(=O)[C@@H](NC(=O)[C@@H](NC(C)=O)C(C)C)C(C)C.C=CCOC(=O)CNC(=O)C(O)C(CCC)NC(=O)C1CN(B(C)O)CCN1C(=O)[C@@H](NC(=O)[C@@H](NC(C)=O)C(C)C)C(C)C. The molecule has 2 aliphatic heterocycles. The smallest absolute Gasteiger partial charge is 0.376 e. The summed E-state index contributed by atoms with van der Waals surface area (Å²) in [5.74, 6) is -10.2. The van der Waals surface area contributed by atoms with Crippen molar-refractivity contribution in [2.45, 2.75) is 177 Å². The van der Waals surface area contributed by atoms with Gasteiger partial charge in [-0.05, 0) is 50.2 Å². The highest BCUT2D eigenvalue weighted by molar-refractivity contribution is 6.45. The topological polar surface area (TPSA) is 410 Å². The summed E-state index contributed by atoms with van der Waals surface area (Å²) in [6, 6.07) is -8.50. The molecule has 5 unspecified atom stereocenters. The Morgan fingerprint density at radius 1 is 0.533 bits per heavy atom. The van der Waals surface area contributed by atoms with E-state index >= 15 is 0 Å². The predicted molar refractivity (Wildman–Crippen MR) is 333 cm³/mol. The van der Waals surface area contributed by atoms with Crippen molar-refractivity contribution < 1.29 is 87.0 Å². The Labute approximate surface area is 529 Å². The number of aliphatic hydroxyl groups is 1. The minimum Gasteiger partial charge on any atom is -0.460 e. The van der Waals surface area contributed by atoms with Crippen LogP contribution in [0, 0.1) is 23.7 Å². The largest absolute Gasteiger partial charge is 0.460 e. The van der Waals surface area contributed by atoms with E-state index in [0.29, 0.717) is 12.8 Å². The maximum absolute atomic E-state index is 14.0. The second-order valence-corrected chi connectivity index (χ2v) is 23.6. The average Bonchev–Trinajstić information content (AvgIpc) is 0.935. The number of amides is 10. The van der Waals surface area contributed by atoms with E-state index in [1.807, 2.05) is 0 Å². The number of nitrogens with zero attached hydrogens (tertiary/aromatic N) is 4. The van der Waals surface area contributed by atoms with Crippen LogP contribution in [0.25, 0.3) is 0 Å². The molecule has 2 rings (SSSR count). The van der Waals surface area contributed by atoms with Gasteiger partial charge in [-0.15, -0.1) is 0 Å². The van der Waals surface area contributed by atoms with Crippen LogP contribution in [0.2, 0.25) is 13.6 Å². The molecule has 2 fully saturated rings. The molecule has 10 amide bonds. The summed E-state index contributed by atoms with van der Waals surface area (Å²) in [7, 11) is -1.87. The molecule has 506 valence electrons. The van der Waals surface area contributed by atoms with E-state index in [0.717, 1.165) is 0 Å². The van der Waals surface area contributed by atoms with Gasteiger partial charge in [-0.3, -0.25) is 62.3 Å². The summed E-state index contributed by atoms with van der Waals surface area (Å²) < 4.78 is 9.59. The molecule has 90 heavy (non-hydrogen) atoms. The number of hydrogen-bond donors (Lipinski definition) is 11. The fourth-order valence-electron chi connectivity index (χ4n) is 9.62. The maximum Gasteiger partial charge on any atom is 0.376 e. The van der Waals surface area contributed by atoms with Crippen LogP contribution >= 0.6 is 0 Å². The molecule has 0 aliphatic carbocycles. The summed E-state index contributed by atoms with van der Waals surface area (Å²) in [5, 5.41) is 51.7. The van der Waals surface area contributed by atoms with Crippen molar-refractivity contribution in [2.24, 2.45) is 23.7 Å². The number of ether oxygens (including phenoxy) is 2. The summed E-state index contributed by atoms with van der Waals surface area (Å²) >= 11 is 0. The Bertz CT molecular complexity index is 2490. The van der Waals surface area contributed by atoms with Crippen LogP contribution < -0.4 is 42.5 Å². The predicted octanol–water partition coefficient (Wildman–Crippen LogP) is -2.99. The van der Waals surface area contributed by atoms with Crippen molar-refractivity contribution in [3.05, 3.63) is 25.3 Å². The van der Waals surface area contributed by atoms with Crippen LogP contribution in [-0.2, 0) is 71.8 Å². The quantitative estimate of drug-likeness (QED) is 0.0132. The number of hydrogen-bond acceptors (Lipinski definition) is 20. The average molecular weight is 1280 g/mol. The molecule has 0 aromatic carbocycles. The van der Waals surface area contributed by atoms with Gasteiger partial charge < -0.3 is 86.6 Å². The van der Waals surface area contributed by atoms with Gasteiger partial charge >= 0.3 is 26.0 Å². The third-order valence-electron chi connectivity index (χ3n) is 14.7. The standard InChI is InChI=1S/C29H51BN6O9.C29H49BN6O9/c2*1-9-11-20(25(39)28(42)31-15-22(38)45-14-10-2)33-26(40)21-16-35(30(8)44)12-13-36(21)29(43)24(18(5)6)34-27(41)23(17(3)4)32-19(7)37/h10,17-18,20-21,23-25,39,44H,2,9,11-16H2,1,3-8H3,(H,31,42)(H,32,37)(H,33,40)(H,34,41);10,17-18,20-21,23-24,44H,2,9,11-16H2,1,3-8H3,(H,31,42)(H,32,37)(H,33,40)(H,34,41)/t20?,21?,23-,24-,25?;20?,21?,23-,24-/m00/s1. The molecule has 2 saturated heterocycles. The zero-order chi connectivity index (χ0) is 68.9. The lowest BCUT2D eigenvalue weighted by molar-refractivity contribution is -0.148. The molecule has 0 saturated carbocycles. The Morgan fingerprint density at radius 3 is 1.26 bits per heavy atom. The summed E-state index contributed by atoms with van der Waals surface area (Å²) in [6.45, 7) is 29.3. The minimum absolute atomic E-state index is 0.0277. The third kappa shape index (κ3) is 26.7. The van der Waals surface area contributed by atoms with Gasteiger partial charge in [0, 0.05) is 53.1 Å². The molecular weight excluding hydrogens is 1170 g/mol. The first-order valence-corrected chi connectivity index (χ1v) is 30.6. The van der Waals surface area contributed by atoms with E-state index in [4.69, 9.17) is 9.47 Å². The van der Waals surface area contributed by atoms with Gasteiger partial charge in [-0.2, -0.15) is 0 Å². The van der Waals surface area contributed by atoms with Crippen molar-refractivity contribution in [2.75, 3.05) is 65.6 Å². The second-order valence-electron chi connectivity index (χ2n) is 23.6. The second kappa shape index (κ2) is 40.5. The van der Waals surface area contributed by atoms with Gasteiger partial charge in [-0.25, -0.2) is 0 Å². The van der Waals surface area contributed by atoms with Crippen molar-refractivity contribution in [1.82, 2.24) is 62.0 Å². The molecule has 0 aromatic heterocycles. The minimum atomic E-state index is -1.72. The van der Waals surface area contributed by atoms with Gasteiger partial charge in [0.1, 0.15) is 62.6 Å². The van der Waals surface area contributed by atoms with Crippen molar-refractivity contribution in [3.8, 4) is 0 Å². The number of aliphatic hydroxyl groups excluding tert-OH is 1. The van der Waals surface area contributed by atoms with Crippen molar-refractivity contribution >= 4 is 90.9 Å². The Kier molecular flexibility index (Phi) is 36.3. The maximum atomic E-state index is 14.0. The number of rotatable bonds is 34. The molecule has 0 spiro atoms. The van der Waals surface area contributed by atoms with Crippen LogP contribution in [-0.4, -0.2) is 245 Å². The zero-order valence-corrected chi connectivity index (χ0v) is 54.9. The molecule has 11 N–H and O–H groups in total. The highest BCUT2D eigenvalue weighted by Crippen LogP contribution is 2.20. The van der Waals surface area contributed by atoms with E-state index in [-0.39, 0.29) is 83.1 Å². The lowest BCUT2D eigenvalue weighted by Gasteiger charge is -2.43. The van der Waals surface area contributed by atoms with Gasteiger partial charge in [0.15, 0.2) is 6.10 Å². The molecule has 32 heteroatoms. The number of ketones is 1. The molecular formula is C58H100B2N12O18. The third-order valence-corrected chi connectivity index (χ3v) is 14.7. The van der Waals surface area contributed by atoms with E-state index < -0.39 is 164 Å². The number of piperazine rings is 2. The number of esters is 2. The van der Waals surface area contributed by atoms with Crippen molar-refractivity contribution in [3.63, 3.8) is 0 Å². The number of carbonyl (C=O) groups is 13. The number of carbonyl (C=O) groups excluding carboxylic acids is 13. The van der Waals surface area contributed by atoms with Gasteiger partial charge in [0.25, 0.3) is 11.8 Å². The van der Waals surface area contributed by atoms with E-state index in [2.05, 4.69) is 55.7 Å². The molecule has 2 aliphatic rings. The van der Waals surface area contributed by atoms with Crippen LogP contribution in [0.1, 0.15) is 109 Å². The Hall–Kier alpha value is -7.28. The molecule has 2 heterocycles. The monoisotopic (exact) mass is 1270 g/mol. The van der Waals surface area contributed by atoms with Gasteiger partial charge in [-0.1, -0.05) is 107 Å². The first-order chi connectivity index (χ1) is 42.1. The van der Waals surface area contributed by atoms with Crippen LogP contribution in [0.15, 0.2) is 25.3 Å². The lowest BCUT2D eigenvalue weighted by atomic mass is 9.83. The summed E-state index contributed by atoms with van der Waals surface area (Å²) in [4.78, 5) is 172. The molecule has 0 aromatic rings. The first kappa shape index (κ1) is 80.7. The zero-order valence-electron chi connectivity index (χ0n) is 54.9. The number of Topliss-reactive ketones (excluding diaryl/α,β-unsaturated/α-hetero) is 1. The molecule has 30 nitrogen and oxygen atoms in total. The molecule has 0 bridgehead atoms. The highest BCUT2D eigenvalue weighted by atomic mass is 16.5. The Morgan fingerprint density at radius 2 is 0.911 bits per heavy atom. The summed E-state index contributed by atoms with van der Waals surface area (Å²) in [5.41, 5.74) is 0. The van der Waals surface area contributed by atoms with Crippen LogP contribution in [0.5, 0.6) is 0 Å². The van der Waals surface area contributed by atoms with Crippen LogP contribution in [0.4, 0.5) is 0 Å². The number of nitrogens with one attached hydrogen (secondary N) is 8. The van der Waals surface area contributed by atoms with E-state index in [1.165, 1.54) is 49.4 Å². The van der Waals surface area contributed by atoms with Crippen LogP contribution in [0.3, 0.4) is 0 Å². The first-order valence-electron chi connectivity index (χ1n) is 30.6. The van der Waals surface area contributed by atoms with Gasteiger partial charge in [0.2, 0.25) is 53.0 Å². The summed E-state index contributed by atoms with van der Waals surface area (Å²) in [6.07, 6.45) is 2.20. The molecule has 0 radical (unpaired) electrons. The fraction of sp³-hybridized carbons (Fsp3) is 0.707. The van der Waals surface area contributed by atoms with E-state index in [9.17, 15) is 77.5 Å². The Balaban J connectivity index is 0.000000900. The normalized spacial score (nSPS) is 17.4. The molecule has 9 atom stereocenters. The van der Waals surface area contributed by atoms with E-state index in [1.54, 1.807) is 78.9 Å².